The molecule has 1 unspecified atom stereocenters. The van der Waals surface area contributed by atoms with Gasteiger partial charge in [0.15, 0.2) is 12.1 Å². The highest BCUT2D eigenvalue weighted by Crippen LogP contribution is 2.47. The van der Waals surface area contributed by atoms with Gasteiger partial charge in [-0.2, -0.15) is 13.9 Å². The molecular weight excluding hydrogens is 528 g/mol. The van der Waals surface area contributed by atoms with Crippen molar-refractivity contribution in [3.8, 4) is 16.9 Å². The summed E-state index contributed by atoms with van der Waals surface area (Å²) in [5, 5.41) is 19.5. The molecule has 1 atom stereocenters. The summed E-state index contributed by atoms with van der Waals surface area (Å²) in [6.45, 7) is 1.98. The number of aliphatic hydroxyl groups excluding tert-OH is 1. The van der Waals surface area contributed by atoms with Crippen molar-refractivity contribution >= 4 is 28.7 Å². The van der Waals surface area contributed by atoms with Gasteiger partial charge in [0.05, 0.1) is 5.56 Å². The zero-order valence-electron chi connectivity index (χ0n) is 20.0. The molecule has 2 amide bonds. The number of nitrogens with one attached hydrogen (secondary N) is 2. The van der Waals surface area contributed by atoms with Gasteiger partial charge in [0, 0.05) is 35.3 Å². The number of anilines is 3. The topological polar surface area (TPSA) is 145 Å². The van der Waals surface area contributed by atoms with Crippen LogP contribution in [0.15, 0.2) is 55.0 Å². The first kappa shape index (κ1) is 26.1. The van der Waals surface area contributed by atoms with E-state index in [1.165, 1.54) is 10.8 Å². The summed E-state index contributed by atoms with van der Waals surface area (Å²) >= 11 is 0. The van der Waals surface area contributed by atoms with E-state index in [0.29, 0.717) is 27.9 Å². The summed E-state index contributed by atoms with van der Waals surface area (Å²) < 4.78 is 68.7. The van der Waals surface area contributed by atoms with Crippen LogP contribution in [0.3, 0.4) is 0 Å². The molecule has 3 heterocycles. The summed E-state index contributed by atoms with van der Waals surface area (Å²) in [7, 11) is 0. The Hall–Kier alpha value is -4.47. The third-order valence-electron chi connectivity index (χ3n) is 5.68. The molecule has 0 bridgehead atoms. The standard InChI is InChI=1S/C24H20F4N6O5/c1-2-37-21(35)15-10-34-19(20(29)30-11-31-34)18(15)12-3-5-13(6-4-12)32-22(36)33-14-7-8-17-16(9-14)23(25,26)39-24(27,28)38-17/h3-11,21,35H,2H2,1H3,(H2,29,30,31)(H2,32,33,36). The van der Waals surface area contributed by atoms with Crippen molar-refractivity contribution in [2.75, 3.05) is 23.0 Å². The first-order chi connectivity index (χ1) is 18.5. The van der Waals surface area contributed by atoms with Crippen molar-refractivity contribution in [2.24, 2.45) is 0 Å². The fourth-order valence-electron chi connectivity index (χ4n) is 4.08. The summed E-state index contributed by atoms with van der Waals surface area (Å²) in [4.78, 5) is 16.5. The minimum Gasteiger partial charge on any atom is -0.409 e. The third kappa shape index (κ3) is 5.14. The van der Waals surface area contributed by atoms with Gasteiger partial charge in [-0.15, -0.1) is 8.78 Å². The summed E-state index contributed by atoms with van der Waals surface area (Å²) in [5.41, 5.74) is 7.27. The lowest BCUT2D eigenvalue weighted by atomic mass is 10.0. The van der Waals surface area contributed by atoms with Crippen LogP contribution >= 0.6 is 0 Å². The van der Waals surface area contributed by atoms with Crippen LogP contribution in [0.4, 0.5) is 39.5 Å². The van der Waals surface area contributed by atoms with Crippen LogP contribution in [0.5, 0.6) is 5.75 Å². The molecule has 11 nitrogen and oxygen atoms in total. The van der Waals surface area contributed by atoms with Crippen LogP contribution in [-0.2, 0) is 15.6 Å². The highest BCUT2D eigenvalue weighted by Gasteiger charge is 2.54. The first-order valence-corrected chi connectivity index (χ1v) is 11.4. The summed E-state index contributed by atoms with van der Waals surface area (Å²) in [6, 6.07) is 8.36. The van der Waals surface area contributed by atoms with Gasteiger partial charge >= 0.3 is 18.4 Å². The lowest BCUT2D eigenvalue weighted by molar-refractivity contribution is -0.461. The van der Waals surface area contributed by atoms with E-state index in [4.69, 9.17) is 10.5 Å². The minimum absolute atomic E-state index is 0.120. The van der Waals surface area contributed by atoms with Gasteiger partial charge in [-0.1, -0.05) is 12.1 Å². The molecule has 204 valence electrons. The number of aliphatic hydroxyl groups is 1. The molecule has 5 rings (SSSR count). The number of hydrogen-bond acceptors (Lipinski definition) is 8. The number of fused-ring (bicyclic) bond motifs is 2. The van der Waals surface area contributed by atoms with E-state index in [1.54, 1.807) is 37.4 Å². The van der Waals surface area contributed by atoms with Crippen molar-refractivity contribution in [1.82, 2.24) is 14.6 Å². The minimum atomic E-state index is -4.50. The SMILES string of the molecule is CCOC(O)c1cn2ncnc(N)c2c1-c1ccc(NC(=O)Nc2ccc3c(c2)C(F)(F)OC(F)(F)O3)cc1. The molecule has 1 aliphatic heterocycles. The predicted molar refractivity (Wildman–Crippen MR) is 129 cm³/mol. The van der Waals surface area contributed by atoms with Gasteiger partial charge in [0.2, 0.25) is 0 Å². The number of carbonyl (C=O) groups is 1. The van der Waals surface area contributed by atoms with Crippen molar-refractivity contribution < 1.29 is 41.7 Å². The quantitative estimate of drug-likeness (QED) is 0.201. The molecule has 0 fully saturated rings. The molecule has 0 radical (unpaired) electrons. The van der Waals surface area contributed by atoms with E-state index >= 15 is 0 Å². The number of hydrogen-bond donors (Lipinski definition) is 4. The van der Waals surface area contributed by atoms with Crippen molar-refractivity contribution in [1.29, 1.82) is 0 Å². The molecule has 1 aliphatic rings. The maximum Gasteiger partial charge on any atom is 0.540 e. The number of ether oxygens (including phenoxy) is 3. The Morgan fingerprint density at radius 1 is 1.15 bits per heavy atom. The first-order valence-electron chi connectivity index (χ1n) is 11.4. The number of nitrogens with zero attached hydrogens (tertiary/aromatic N) is 3. The van der Waals surface area contributed by atoms with Gasteiger partial charge in [-0.05, 0) is 42.8 Å². The highest BCUT2D eigenvalue weighted by molar-refractivity contribution is 6.00. The maximum atomic E-state index is 14.0. The Morgan fingerprint density at radius 3 is 2.56 bits per heavy atom. The van der Waals surface area contributed by atoms with Crippen LogP contribution in [0.2, 0.25) is 0 Å². The average molecular weight is 548 g/mol. The van der Waals surface area contributed by atoms with E-state index in [1.807, 2.05) is 0 Å². The summed E-state index contributed by atoms with van der Waals surface area (Å²) in [6.07, 6.45) is -7.26. The van der Waals surface area contributed by atoms with E-state index in [2.05, 4.69) is 30.2 Å². The molecule has 0 spiro atoms. The second kappa shape index (κ2) is 9.68. The second-order valence-electron chi connectivity index (χ2n) is 8.26. The smallest absolute Gasteiger partial charge is 0.409 e. The van der Waals surface area contributed by atoms with Crippen LogP contribution < -0.4 is 21.1 Å². The number of carbonyl (C=O) groups excluding carboxylic acids is 1. The number of nitrogen functional groups attached to an aromatic ring is 1. The largest absolute Gasteiger partial charge is 0.540 e. The van der Waals surface area contributed by atoms with Crippen molar-refractivity contribution in [3.05, 3.63) is 66.1 Å². The molecule has 0 aliphatic carbocycles. The van der Waals surface area contributed by atoms with Gasteiger partial charge in [-0.3, -0.25) is 0 Å². The Morgan fingerprint density at radius 2 is 1.85 bits per heavy atom. The Bertz CT molecular complexity index is 1550. The molecular formula is C24H20F4N6O5. The van der Waals surface area contributed by atoms with E-state index in [-0.39, 0.29) is 18.1 Å². The molecule has 2 aromatic carbocycles. The molecule has 39 heavy (non-hydrogen) atoms. The Balaban J connectivity index is 1.35. The van der Waals surface area contributed by atoms with Crippen molar-refractivity contribution in [3.63, 3.8) is 0 Å². The molecule has 4 aromatic rings. The highest BCUT2D eigenvalue weighted by atomic mass is 19.3. The molecule has 0 saturated heterocycles. The molecule has 15 heteroatoms. The number of rotatable bonds is 6. The van der Waals surface area contributed by atoms with Gasteiger partial charge in [0.1, 0.15) is 17.6 Å². The second-order valence-corrected chi connectivity index (χ2v) is 8.26. The lowest BCUT2D eigenvalue weighted by Crippen LogP contribution is -2.41. The van der Waals surface area contributed by atoms with E-state index in [9.17, 15) is 27.5 Å². The monoisotopic (exact) mass is 548 g/mol. The van der Waals surface area contributed by atoms with Gasteiger partial charge in [-0.25, -0.2) is 19.0 Å². The number of nitrogens with two attached hydrogens (primary N) is 1. The average Bonchev–Trinajstić information content (AvgIpc) is 3.25. The predicted octanol–water partition coefficient (Wildman–Crippen LogP) is 4.66. The summed E-state index contributed by atoms with van der Waals surface area (Å²) in [5.74, 6) is -0.609. The van der Waals surface area contributed by atoms with Crippen molar-refractivity contribution in [2.45, 2.75) is 25.6 Å². The lowest BCUT2D eigenvalue weighted by Gasteiger charge is -2.30. The van der Waals surface area contributed by atoms with Crippen LogP contribution in [0, 0.1) is 0 Å². The Labute approximate surface area is 217 Å². The number of urea groups is 1. The van der Waals surface area contributed by atoms with Crippen LogP contribution in [0.1, 0.15) is 24.3 Å². The molecule has 5 N–H and O–H groups in total. The zero-order chi connectivity index (χ0) is 27.9. The number of amides is 2. The fraction of sp³-hybridized carbons (Fsp3) is 0.208. The van der Waals surface area contributed by atoms with Gasteiger partial charge in [0.25, 0.3) is 0 Å². The maximum absolute atomic E-state index is 14.0. The fourth-order valence-corrected chi connectivity index (χ4v) is 4.08. The number of halogens is 4. The number of alkyl halides is 4. The molecule has 0 saturated carbocycles. The third-order valence-corrected chi connectivity index (χ3v) is 5.68. The normalized spacial score (nSPS) is 16.3. The Kier molecular flexibility index (Phi) is 6.49. The van der Waals surface area contributed by atoms with Crippen LogP contribution in [0.25, 0.3) is 16.6 Å². The number of aromatic nitrogens is 3. The van der Waals surface area contributed by atoms with Gasteiger partial charge < -0.3 is 30.9 Å². The van der Waals surface area contributed by atoms with E-state index in [0.717, 1.165) is 18.2 Å². The zero-order valence-corrected chi connectivity index (χ0v) is 20.0. The number of benzene rings is 2. The molecule has 2 aromatic heterocycles. The van der Waals surface area contributed by atoms with Crippen LogP contribution in [-0.4, -0.2) is 38.6 Å². The van der Waals surface area contributed by atoms with E-state index < -0.39 is 36.0 Å².